The van der Waals surface area contributed by atoms with Crippen LogP contribution in [-0.4, -0.2) is 37.8 Å². The number of aryl methyl sites for hydroxylation is 1. The number of carbonyl (C=O) groups is 1. The number of methoxy groups -OCH3 is 1. The minimum absolute atomic E-state index is 0.0934. The van der Waals surface area contributed by atoms with Gasteiger partial charge in [0.2, 0.25) is 0 Å². The minimum Gasteiger partial charge on any atom is -0.464 e. The van der Waals surface area contributed by atoms with Gasteiger partial charge in [0.05, 0.1) is 26.4 Å². The van der Waals surface area contributed by atoms with E-state index >= 15 is 0 Å². The standard InChI is InChI=1S/C10H14N2O3S/c1-6-8(10(13)14-2)12-9(16-6)7-5-15-4-3-11-7/h7,11H,3-5H2,1-2H3. The highest BCUT2D eigenvalue weighted by Crippen LogP contribution is 2.25. The van der Waals surface area contributed by atoms with Gasteiger partial charge in [0.15, 0.2) is 5.69 Å². The van der Waals surface area contributed by atoms with Crippen LogP contribution in [0.25, 0.3) is 0 Å². The zero-order valence-corrected chi connectivity index (χ0v) is 10.1. The Bertz CT molecular complexity index is 385. The molecule has 1 aromatic rings. The largest absolute Gasteiger partial charge is 0.464 e. The van der Waals surface area contributed by atoms with Crippen LogP contribution in [0.15, 0.2) is 0 Å². The predicted octanol–water partition coefficient (Wildman–Crippen LogP) is 0.899. The van der Waals surface area contributed by atoms with Crippen molar-refractivity contribution in [1.82, 2.24) is 10.3 Å². The Kier molecular flexibility index (Phi) is 3.52. The first-order valence-electron chi connectivity index (χ1n) is 5.09. The molecule has 16 heavy (non-hydrogen) atoms. The third kappa shape index (κ3) is 2.23. The maximum atomic E-state index is 11.4. The normalized spacial score (nSPS) is 20.8. The van der Waals surface area contributed by atoms with Crippen LogP contribution in [0, 0.1) is 6.92 Å². The molecule has 0 aromatic carbocycles. The van der Waals surface area contributed by atoms with Gasteiger partial charge in [-0.2, -0.15) is 0 Å². The lowest BCUT2D eigenvalue weighted by Crippen LogP contribution is -2.34. The van der Waals surface area contributed by atoms with E-state index in [2.05, 4.69) is 15.0 Å². The van der Waals surface area contributed by atoms with Crippen LogP contribution in [0.3, 0.4) is 0 Å². The van der Waals surface area contributed by atoms with Crippen molar-refractivity contribution in [1.29, 1.82) is 0 Å². The van der Waals surface area contributed by atoms with E-state index in [9.17, 15) is 4.79 Å². The molecule has 0 aliphatic carbocycles. The topological polar surface area (TPSA) is 60.5 Å². The maximum Gasteiger partial charge on any atom is 0.357 e. The fourth-order valence-corrected chi connectivity index (χ4v) is 2.55. The van der Waals surface area contributed by atoms with E-state index in [0.29, 0.717) is 12.3 Å². The van der Waals surface area contributed by atoms with Crippen molar-refractivity contribution < 1.29 is 14.3 Å². The molecule has 1 unspecified atom stereocenters. The van der Waals surface area contributed by atoms with Crippen molar-refractivity contribution in [2.24, 2.45) is 0 Å². The molecule has 1 aliphatic rings. The van der Waals surface area contributed by atoms with Crippen LogP contribution in [0.5, 0.6) is 0 Å². The van der Waals surface area contributed by atoms with Gasteiger partial charge in [0.1, 0.15) is 5.01 Å². The molecule has 1 N–H and O–H groups in total. The van der Waals surface area contributed by atoms with Gasteiger partial charge in [0.25, 0.3) is 0 Å². The Balaban J connectivity index is 2.19. The van der Waals surface area contributed by atoms with Gasteiger partial charge in [-0.15, -0.1) is 11.3 Å². The molecule has 1 aliphatic heterocycles. The Labute approximate surface area is 97.8 Å². The lowest BCUT2D eigenvalue weighted by atomic mass is 10.3. The lowest BCUT2D eigenvalue weighted by Gasteiger charge is -2.21. The van der Waals surface area contributed by atoms with Crippen LogP contribution in [-0.2, 0) is 9.47 Å². The molecular formula is C10H14N2O3S. The molecule has 2 rings (SSSR count). The summed E-state index contributed by atoms with van der Waals surface area (Å²) in [6, 6.07) is 0.0934. The van der Waals surface area contributed by atoms with Crippen molar-refractivity contribution in [3.05, 3.63) is 15.6 Å². The van der Waals surface area contributed by atoms with Gasteiger partial charge < -0.3 is 14.8 Å². The van der Waals surface area contributed by atoms with E-state index in [0.717, 1.165) is 23.0 Å². The molecular weight excluding hydrogens is 228 g/mol. The molecule has 0 amide bonds. The second kappa shape index (κ2) is 4.90. The Morgan fingerprint density at radius 3 is 3.12 bits per heavy atom. The van der Waals surface area contributed by atoms with E-state index in [-0.39, 0.29) is 12.0 Å². The number of nitrogens with zero attached hydrogens (tertiary/aromatic N) is 1. The number of thiazole rings is 1. The number of esters is 1. The van der Waals surface area contributed by atoms with Crippen LogP contribution in [0.2, 0.25) is 0 Å². The Hall–Kier alpha value is -0.980. The molecule has 1 atom stereocenters. The summed E-state index contributed by atoms with van der Waals surface area (Å²) < 4.78 is 10.0. The number of ether oxygens (including phenoxy) is 2. The molecule has 88 valence electrons. The predicted molar refractivity (Wildman–Crippen MR) is 59.8 cm³/mol. The second-order valence-corrected chi connectivity index (χ2v) is 4.76. The fraction of sp³-hybridized carbons (Fsp3) is 0.600. The van der Waals surface area contributed by atoms with Crippen molar-refractivity contribution in [3.63, 3.8) is 0 Å². The number of carbonyl (C=O) groups excluding carboxylic acids is 1. The van der Waals surface area contributed by atoms with E-state index in [1.807, 2.05) is 6.92 Å². The molecule has 6 heteroatoms. The molecule has 0 bridgehead atoms. The summed E-state index contributed by atoms with van der Waals surface area (Å²) in [4.78, 5) is 16.6. The van der Waals surface area contributed by atoms with E-state index < -0.39 is 0 Å². The number of nitrogens with one attached hydrogen (secondary N) is 1. The average Bonchev–Trinajstić information content (AvgIpc) is 2.71. The smallest absolute Gasteiger partial charge is 0.357 e. The first-order chi connectivity index (χ1) is 7.72. The Morgan fingerprint density at radius 2 is 2.50 bits per heavy atom. The zero-order chi connectivity index (χ0) is 11.5. The summed E-state index contributed by atoms with van der Waals surface area (Å²) in [7, 11) is 1.36. The third-order valence-corrected chi connectivity index (χ3v) is 3.50. The van der Waals surface area contributed by atoms with Crippen molar-refractivity contribution >= 4 is 17.3 Å². The average molecular weight is 242 g/mol. The van der Waals surface area contributed by atoms with Gasteiger partial charge in [-0.25, -0.2) is 9.78 Å². The molecule has 0 spiro atoms. The molecule has 0 radical (unpaired) electrons. The number of hydrogen-bond donors (Lipinski definition) is 1. The van der Waals surface area contributed by atoms with Crippen molar-refractivity contribution in [3.8, 4) is 0 Å². The van der Waals surface area contributed by atoms with Gasteiger partial charge in [-0.3, -0.25) is 0 Å². The first-order valence-corrected chi connectivity index (χ1v) is 5.90. The number of rotatable bonds is 2. The first kappa shape index (κ1) is 11.5. The van der Waals surface area contributed by atoms with E-state index in [1.54, 1.807) is 0 Å². The van der Waals surface area contributed by atoms with Gasteiger partial charge in [0, 0.05) is 11.4 Å². The summed E-state index contributed by atoms with van der Waals surface area (Å²) in [5, 5.41) is 4.19. The lowest BCUT2D eigenvalue weighted by molar-refractivity contribution is 0.0591. The quantitative estimate of drug-likeness (QED) is 0.781. The monoisotopic (exact) mass is 242 g/mol. The maximum absolute atomic E-state index is 11.4. The highest BCUT2D eigenvalue weighted by molar-refractivity contribution is 7.12. The number of aromatic nitrogens is 1. The SMILES string of the molecule is COC(=O)c1nc(C2COCCN2)sc1C. The molecule has 1 saturated heterocycles. The minimum atomic E-state index is -0.378. The van der Waals surface area contributed by atoms with E-state index in [1.165, 1.54) is 18.4 Å². The second-order valence-electron chi connectivity index (χ2n) is 3.53. The number of hydrogen-bond acceptors (Lipinski definition) is 6. The van der Waals surface area contributed by atoms with Crippen molar-refractivity contribution in [2.75, 3.05) is 26.9 Å². The van der Waals surface area contributed by atoms with Crippen LogP contribution < -0.4 is 5.32 Å². The van der Waals surface area contributed by atoms with E-state index in [4.69, 9.17) is 4.74 Å². The molecule has 5 nitrogen and oxygen atoms in total. The number of morpholine rings is 1. The zero-order valence-electron chi connectivity index (χ0n) is 9.28. The van der Waals surface area contributed by atoms with Crippen LogP contribution >= 0.6 is 11.3 Å². The van der Waals surface area contributed by atoms with Crippen molar-refractivity contribution in [2.45, 2.75) is 13.0 Å². The van der Waals surface area contributed by atoms with Gasteiger partial charge in [-0.05, 0) is 6.92 Å². The molecule has 2 heterocycles. The fourth-order valence-electron chi connectivity index (χ4n) is 1.58. The highest BCUT2D eigenvalue weighted by Gasteiger charge is 2.22. The molecule has 1 fully saturated rings. The van der Waals surface area contributed by atoms with Gasteiger partial charge in [-0.1, -0.05) is 0 Å². The Morgan fingerprint density at radius 1 is 1.69 bits per heavy atom. The van der Waals surface area contributed by atoms with Crippen LogP contribution in [0.1, 0.15) is 26.4 Å². The summed E-state index contributed by atoms with van der Waals surface area (Å²) in [6.45, 7) is 4.02. The van der Waals surface area contributed by atoms with Gasteiger partial charge >= 0.3 is 5.97 Å². The third-order valence-electron chi connectivity index (χ3n) is 2.41. The van der Waals surface area contributed by atoms with Crippen LogP contribution in [0.4, 0.5) is 0 Å². The summed E-state index contributed by atoms with van der Waals surface area (Å²) >= 11 is 1.51. The summed E-state index contributed by atoms with van der Waals surface area (Å²) in [5.74, 6) is -0.378. The molecule has 1 aromatic heterocycles. The molecule has 0 saturated carbocycles. The summed E-state index contributed by atoms with van der Waals surface area (Å²) in [5.41, 5.74) is 0.412. The summed E-state index contributed by atoms with van der Waals surface area (Å²) in [6.07, 6.45) is 0. The highest BCUT2D eigenvalue weighted by atomic mass is 32.1.